The highest BCUT2D eigenvalue weighted by Gasteiger charge is 2.29. The number of hydrogen-bond donors (Lipinski definition) is 0. The molecule has 6 nitrogen and oxygen atoms in total. The monoisotopic (exact) mass is 289 g/mol. The number of nitrogens with zero attached hydrogens (tertiary/aromatic N) is 3. The van der Waals surface area contributed by atoms with Gasteiger partial charge in [0, 0.05) is 52.2 Å². The molecule has 2 amide bonds. The van der Waals surface area contributed by atoms with Crippen molar-refractivity contribution in [2.24, 2.45) is 0 Å². The van der Waals surface area contributed by atoms with Crippen molar-refractivity contribution in [3.63, 3.8) is 0 Å². The lowest BCUT2D eigenvalue weighted by Gasteiger charge is -2.27. The Hall–Kier alpha value is -1.08. The van der Waals surface area contributed by atoms with E-state index in [0.717, 1.165) is 24.9 Å². The summed E-state index contributed by atoms with van der Waals surface area (Å²) in [5.41, 5.74) is 0. The van der Waals surface area contributed by atoms with Gasteiger partial charge in [-0.15, -0.1) is 0 Å². The molecule has 19 heavy (non-hydrogen) atoms. The average molecular weight is 289 g/mol. The molecule has 0 spiro atoms. The van der Waals surface area contributed by atoms with E-state index in [1.807, 2.05) is 0 Å². The predicted molar refractivity (Wildman–Crippen MR) is 75.7 cm³/mol. The van der Waals surface area contributed by atoms with E-state index in [4.69, 9.17) is 0 Å². The number of hydrogen-bond acceptors (Lipinski definition) is 4. The van der Waals surface area contributed by atoms with Crippen LogP contribution in [0.3, 0.4) is 0 Å². The second-order valence-corrected chi connectivity index (χ2v) is 7.13. The molecular formula is C12H23N3O3S. The summed E-state index contributed by atoms with van der Waals surface area (Å²) in [6, 6.07) is 0.131. The summed E-state index contributed by atoms with van der Waals surface area (Å²) in [5.74, 6) is 0.0918. The maximum Gasteiger partial charge on any atom is 0.319 e. The number of likely N-dealkylation sites (N-methyl/N-ethyl adjacent to an activating group) is 1. The van der Waals surface area contributed by atoms with Crippen molar-refractivity contribution < 1.29 is 13.2 Å². The van der Waals surface area contributed by atoms with Crippen LogP contribution in [0.2, 0.25) is 0 Å². The Morgan fingerprint density at radius 3 is 2.58 bits per heavy atom. The zero-order valence-corrected chi connectivity index (χ0v) is 12.7. The Bertz CT molecular complexity index is 434. The van der Waals surface area contributed by atoms with Crippen LogP contribution in [-0.2, 0) is 9.84 Å². The van der Waals surface area contributed by atoms with Gasteiger partial charge in [0.1, 0.15) is 0 Å². The van der Waals surface area contributed by atoms with Crippen molar-refractivity contribution in [1.82, 2.24) is 14.7 Å². The zero-order chi connectivity index (χ0) is 14.6. The predicted octanol–water partition coefficient (Wildman–Crippen LogP) is 0.232. The fourth-order valence-electron chi connectivity index (χ4n) is 2.14. The molecule has 0 aliphatic carbocycles. The summed E-state index contributed by atoms with van der Waals surface area (Å²) in [7, 11) is 2.10. The number of carbonyl (C=O) groups excluding carboxylic acids is 1. The van der Waals surface area contributed by atoms with Crippen LogP contribution in [0.25, 0.3) is 0 Å². The Morgan fingerprint density at radius 2 is 2.05 bits per heavy atom. The van der Waals surface area contributed by atoms with Gasteiger partial charge in [0.05, 0.1) is 5.75 Å². The highest BCUT2D eigenvalue weighted by molar-refractivity contribution is 7.94. The number of rotatable bonds is 5. The molecule has 1 rings (SSSR count). The van der Waals surface area contributed by atoms with Crippen LogP contribution in [-0.4, -0.2) is 81.7 Å². The molecule has 1 heterocycles. The number of likely N-dealkylation sites (tertiary alicyclic amines) is 1. The number of sulfone groups is 1. The van der Waals surface area contributed by atoms with Gasteiger partial charge in [-0.05, 0) is 6.42 Å². The van der Waals surface area contributed by atoms with Crippen LogP contribution < -0.4 is 0 Å². The summed E-state index contributed by atoms with van der Waals surface area (Å²) in [6.45, 7) is 5.34. The summed E-state index contributed by atoms with van der Waals surface area (Å²) in [6.07, 6.45) is 0.879. The van der Waals surface area contributed by atoms with E-state index in [9.17, 15) is 13.2 Å². The van der Waals surface area contributed by atoms with Gasteiger partial charge >= 0.3 is 6.03 Å². The highest BCUT2D eigenvalue weighted by atomic mass is 32.2. The smallest absolute Gasteiger partial charge is 0.319 e. The van der Waals surface area contributed by atoms with Crippen LogP contribution in [0, 0.1) is 0 Å². The third-order valence-electron chi connectivity index (χ3n) is 3.43. The maximum absolute atomic E-state index is 11.8. The highest BCUT2D eigenvalue weighted by Crippen LogP contribution is 2.15. The standard InChI is InChI=1S/C12H23N3O3S/c1-5-19(17,18)9-8-15-7-6-11(10-15)14(4)12(16)13(2)3/h5,11H,1,6-10H2,2-4H3. The molecular weight excluding hydrogens is 266 g/mol. The van der Waals surface area contributed by atoms with Gasteiger partial charge in [0.2, 0.25) is 0 Å². The fraction of sp³-hybridized carbons (Fsp3) is 0.750. The van der Waals surface area contributed by atoms with E-state index < -0.39 is 9.84 Å². The third kappa shape index (κ3) is 4.50. The van der Waals surface area contributed by atoms with Crippen molar-refractivity contribution in [3.8, 4) is 0 Å². The molecule has 0 bridgehead atoms. The molecule has 1 atom stereocenters. The topological polar surface area (TPSA) is 60.9 Å². The Labute approximate surface area is 115 Å². The van der Waals surface area contributed by atoms with E-state index in [1.165, 1.54) is 0 Å². The zero-order valence-electron chi connectivity index (χ0n) is 11.9. The van der Waals surface area contributed by atoms with Crippen LogP contribution in [0.5, 0.6) is 0 Å². The Balaban J connectivity index is 2.46. The van der Waals surface area contributed by atoms with Crippen LogP contribution in [0.15, 0.2) is 12.0 Å². The van der Waals surface area contributed by atoms with Crippen molar-refractivity contribution in [2.75, 3.05) is 46.5 Å². The molecule has 0 aromatic carbocycles. The maximum atomic E-state index is 11.8. The summed E-state index contributed by atoms with van der Waals surface area (Å²) in [5, 5.41) is 1.00. The lowest BCUT2D eigenvalue weighted by molar-refractivity contribution is 0.164. The van der Waals surface area contributed by atoms with Gasteiger partial charge in [-0.2, -0.15) is 0 Å². The molecule has 0 aromatic rings. The summed E-state index contributed by atoms with van der Waals surface area (Å²) >= 11 is 0. The minimum Gasteiger partial charge on any atom is -0.331 e. The lowest BCUT2D eigenvalue weighted by atomic mass is 10.2. The number of urea groups is 1. The second kappa shape index (κ2) is 6.38. The lowest BCUT2D eigenvalue weighted by Crippen LogP contribution is -2.44. The molecule has 0 saturated carbocycles. The molecule has 1 aliphatic rings. The molecule has 0 N–H and O–H groups in total. The first kappa shape index (κ1) is 16.0. The van der Waals surface area contributed by atoms with E-state index >= 15 is 0 Å². The Kier molecular flexibility index (Phi) is 5.37. The first-order valence-electron chi connectivity index (χ1n) is 6.28. The summed E-state index contributed by atoms with van der Waals surface area (Å²) in [4.78, 5) is 17.2. The van der Waals surface area contributed by atoms with E-state index in [0.29, 0.717) is 6.54 Å². The van der Waals surface area contributed by atoms with Crippen LogP contribution >= 0.6 is 0 Å². The van der Waals surface area contributed by atoms with Crippen molar-refractivity contribution in [1.29, 1.82) is 0 Å². The SMILES string of the molecule is C=CS(=O)(=O)CCN1CCC(N(C)C(=O)N(C)C)C1. The fourth-order valence-corrected chi connectivity index (χ4v) is 2.82. The molecule has 1 fully saturated rings. The third-order valence-corrected chi connectivity index (χ3v) is 4.68. The normalized spacial score (nSPS) is 20.3. The van der Waals surface area contributed by atoms with Gasteiger partial charge in [-0.1, -0.05) is 6.58 Å². The Morgan fingerprint density at radius 1 is 1.42 bits per heavy atom. The second-order valence-electron chi connectivity index (χ2n) is 5.06. The van der Waals surface area contributed by atoms with Crippen LogP contribution in [0.4, 0.5) is 4.79 Å². The first-order valence-corrected chi connectivity index (χ1v) is 8.00. The van der Waals surface area contributed by atoms with Gasteiger partial charge in [-0.25, -0.2) is 13.2 Å². The molecule has 1 saturated heterocycles. The summed E-state index contributed by atoms with van der Waals surface area (Å²) < 4.78 is 22.7. The van der Waals surface area contributed by atoms with E-state index in [1.54, 1.807) is 30.9 Å². The molecule has 7 heteroatoms. The minimum absolute atomic E-state index is 0.0226. The molecule has 1 aliphatic heterocycles. The number of amides is 2. The van der Waals surface area contributed by atoms with Gasteiger partial charge in [-0.3, -0.25) is 0 Å². The largest absolute Gasteiger partial charge is 0.331 e. The van der Waals surface area contributed by atoms with Crippen LogP contribution in [0.1, 0.15) is 6.42 Å². The van der Waals surface area contributed by atoms with E-state index in [-0.39, 0.29) is 17.8 Å². The van der Waals surface area contributed by atoms with Gasteiger partial charge < -0.3 is 14.7 Å². The van der Waals surface area contributed by atoms with Crippen molar-refractivity contribution in [3.05, 3.63) is 12.0 Å². The van der Waals surface area contributed by atoms with Crippen molar-refractivity contribution >= 4 is 15.9 Å². The molecule has 0 aromatic heterocycles. The van der Waals surface area contributed by atoms with Gasteiger partial charge in [0.25, 0.3) is 0 Å². The first-order chi connectivity index (χ1) is 8.76. The van der Waals surface area contributed by atoms with Crippen molar-refractivity contribution in [2.45, 2.75) is 12.5 Å². The van der Waals surface area contributed by atoms with Gasteiger partial charge in [0.15, 0.2) is 9.84 Å². The number of carbonyl (C=O) groups is 1. The quantitative estimate of drug-likeness (QED) is 0.727. The van der Waals surface area contributed by atoms with E-state index in [2.05, 4.69) is 11.5 Å². The molecule has 1 unspecified atom stereocenters. The molecule has 110 valence electrons. The molecule has 0 radical (unpaired) electrons. The average Bonchev–Trinajstić information content (AvgIpc) is 2.83. The minimum atomic E-state index is -3.14.